The second-order valence-electron chi connectivity index (χ2n) is 7.90. The Bertz CT molecular complexity index is 1180. The van der Waals surface area contributed by atoms with Crippen LogP contribution in [0.3, 0.4) is 0 Å². The molecule has 3 heterocycles. The Morgan fingerprint density at radius 3 is 2.78 bits per heavy atom. The molecule has 7 nitrogen and oxygen atoms in total. The smallest absolute Gasteiger partial charge is 0.152 e. The Hall–Kier alpha value is -3.19. The SMILES string of the molecule is CCCCc1ncc(C=C(Cc2nnn[nH]2)Cc2ccc(C)o2)n1Cc1ccccc1Cl. The van der Waals surface area contributed by atoms with Crippen molar-refractivity contribution < 1.29 is 4.42 Å². The minimum atomic E-state index is 0.592. The van der Waals surface area contributed by atoms with Gasteiger partial charge in [0, 0.05) is 24.3 Å². The monoisotopic (exact) mass is 450 g/mol. The van der Waals surface area contributed by atoms with Crippen LogP contribution in [0.5, 0.6) is 0 Å². The van der Waals surface area contributed by atoms with Crippen LogP contribution in [0.4, 0.5) is 0 Å². The molecule has 0 spiro atoms. The van der Waals surface area contributed by atoms with Gasteiger partial charge < -0.3 is 8.98 Å². The molecule has 0 aliphatic heterocycles. The summed E-state index contributed by atoms with van der Waals surface area (Å²) in [7, 11) is 0. The van der Waals surface area contributed by atoms with Crippen molar-refractivity contribution in [3.05, 3.63) is 87.6 Å². The van der Waals surface area contributed by atoms with Gasteiger partial charge in [0.05, 0.1) is 18.4 Å². The van der Waals surface area contributed by atoms with Gasteiger partial charge in [-0.05, 0) is 53.6 Å². The third-order valence-corrected chi connectivity index (χ3v) is 5.71. The second kappa shape index (κ2) is 10.4. The summed E-state index contributed by atoms with van der Waals surface area (Å²) < 4.78 is 8.08. The molecule has 0 fully saturated rings. The summed E-state index contributed by atoms with van der Waals surface area (Å²) in [5, 5.41) is 15.1. The summed E-state index contributed by atoms with van der Waals surface area (Å²) >= 11 is 6.47. The molecule has 4 aromatic rings. The topological polar surface area (TPSA) is 85.4 Å². The van der Waals surface area contributed by atoms with Crippen molar-refractivity contribution in [1.82, 2.24) is 30.2 Å². The van der Waals surface area contributed by atoms with E-state index in [1.54, 1.807) is 0 Å². The highest BCUT2D eigenvalue weighted by Gasteiger charge is 2.14. The number of furan rings is 1. The average molecular weight is 451 g/mol. The number of nitrogens with one attached hydrogen (secondary N) is 1. The van der Waals surface area contributed by atoms with Crippen molar-refractivity contribution >= 4 is 17.7 Å². The van der Waals surface area contributed by atoms with Crippen LogP contribution in [0.25, 0.3) is 6.08 Å². The van der Waals surface area contributed by atoms with E-state index in [0.29, 0.717) is 25.2 Å². The fourth-order valence-corrected chi connectivity index (χ4v) is 3.90. The lowest BCUT2D eigenvalue weighted by Crippen LogP contribution is -2.08. The number of H-pyrrole nitrogens is 1. The lowest BCUT2D eigenvalue weighted by atomic mass is 10.1. The summed E-state index contributed by atoms with van der Waals surface area (Å²) in [6.07, 6.45) is 8.49. The molecule has 0 aliphatic carbocycles. The normalized spacial score (nSPS) is 11.9. The summed E-state index contributed by atoms with van der Waals surface area (Å²) in [5.74, 6) is 3.58. The van der Waals surface area contributed by atoms with Gasteiger partial charge in [-0.1, -0.05) is 48.7 Å². The van der Waals surface area contributed by atoms with Crippen molar-refractivity contribution in [3.8, 4) is 0 Å². The number of imidazole rings is 1. The van der Waals surface area contributed by atoms with Crippen molar-refractivity contribution in [2.45, 2.75) is 52.5 Å². The number of hydrogen-bond donors (Lipinski definition) is 1. The van der Waals surface area contributed by atoms with Crippen molar-refractivity contribution in [2.24, 2.45) is 0 Å². The zero-order chi connectivity index (χ0) is 22.3. The van der Waals surface area contributed by atoms with E-state index in [1.165, 1.54) is 0 Å². The Morgan fingerprint density at radius 1 is 1.19 bits per heavy atom. The Balaban J connectivity index is 1.70. The molecule has 32 heavy (non-hydrogen) atoms. The highest BCUT2D eigenvalue weighted by Crippen LogP contribution is 2.22. The standard InChI is InChI=1S/C24H27ClN6O/c1-3-4-9-24-26-15-20(31(24)16-19-7-5-6-8-22(19)25)12-18(14-23-27-29-30-28-23)13-21-11-10-17(2)32-21/h5-8,10-12,15H,3-4,9,13-14,16H2,1-2H3,(H,27,28,29,30). The number of aryl methyl sites for hydroxylation is 2. The van der Waals surface area contributed by atoms with Gasteiger partial charge in [0.15, 0.2) is 5.82 Å². The molecule has 3 aromatic heterocycles. The number of tetrazole rings is 1. The number of allylic oxidation sites excluding steroid dienone is 1. The highest BCUT2D eigenvalue weighted by molar-refractivity contribution is 6.31. The molecular formula is C24H27ClN6O. The number of aromatic amines is 1. The minimum Gasteiger partial charge on any atom is -0.466 e. The molecule has 0 amide bonds. The molecule has 0 saturated heterocycles. The predicted molar refractivity (Wildman–Crippen MR) is 124 cm³/mol. The first kappa shape index (κ1) is 22.0. The number of hydrogen-bond acceptors (Lipinski definition) is 5. The maximum Gasteiger partial charge on any atom is 0.152 e. The first-order valence-electron chi connectivity index (χ1n) is 10.9. The average Bonchev–Trinajstić information content (AvgIpc) is 3.52. The molecular weight excluding hydrogens is 424 g/mol. The molecule has 0 unspecified atom stereocenters. The quantitative estimate of drug-likeness (QED) is 0.358. The number of benzene rings is 1. The molecule has 0 radical (unpaired) electrons. The van der Waals surface area contributed by atoms with Crippen molar-refractivity contribution in [3.63, 3.8) is 0 Å². The van der Waals surface area contributed by atoms with Crippen molar-refractivity contribution in [2.75, 3.05) is 0 Å². The lowest BCUT2D eigenvalue weighted by Gasteiger charge is -2.13. The van der Waals surface area contributed by atoms with Gasteiger partial charge >= 0.3 is 0 Å². The summed E-state index contributed by atoms with van der Waals surface area (Å²) in [5.41, 5.74) is 3.23. The molecule has 166 valence electrons. The molecule has 0 saturated carbocycles. The van der Waals surface area contributed by atoms with Gasteiger partial charge in [-0.3, -0.25) is 0 Å². The first-order valence-corrected chi connectivity index (χ1v) is 11.3. The molecule has 1 aromatic carbocycles. The largest absolute Gasteiger partial charge is 0.466 e. The van der Waals surface area contributed by atoms with E-state index in [2.05, 4.69) is 44.3 Å². The van der Waals surface area contributed by atoms with Crippen LogP contribution in [0.2, 0.25) is 5.02 Å². The second-order valence-corrected chi connectivity index (χ2v) is 8.30. The summed E-state index contributed by atoms with van der Waals surface area (Å²) in [4.78, 5) is 4.74. The number of rotatable bonds is 10. The van der Waals surface area contributed by atoms with E-state index in [4.69, 9.17) is 21.0 Å². The van der Waals surface area contributed by atoms with E-state index in [-0.39, 0.29) is 0 Å². The van der Waals surface area contributed by atoms with E-state index >= 15 is 0 Å². The predicted octanol–water partition coefficient (Wildman–Crippen LogP) is 5.21. The van der Waals surface area contributed by atoms with Crippen LogP contribution in [0.1, 0.15) is 54.2 Å². The lowest BCUT2D eigenvalue weighted by molar-refractivity contribution is 0.491. The first-order chi connectivity index (χ1) is 15.6. The van der Waals surface area contributed by atoms with Gasteiger partial charge in [0.25, 0.3) is 0 Å². The maximum absolute atomic E-state index is 6.47. The van der Waals surface area contributed by atoms with Crippen LogP contribution in [0, 0.1) is 6.92 Å². The van der Waals surface area contributed by atoms with Gasteiger partial charge in [0.1, 0.15) is 17.3 Å². The van der Waals surface area contributed by atoms with Crippen LogP contribution in [-0.4, -0.2) is 30.2 Å². The number of halogens is 1. The molecule has 0 bridgehead atoms. The fourth-order valence-electron chi connectivity index (χ4n) is 3.70. The van der Waals surface area contributed by atoms with Gasteiger partial charge in [-0.25, -0.2) is 10.1 Å². The number of nitrogens with zero attached hydrogens (tertiary/aromatic N) is 5. The zero-order valence-corrected chi connectivity index (χ0v) is 19.1. The highest BCUT2D eigenvalue weighted by atomic mass is 35.5. The molecule has 1 N–H and O–H groups in total. The summed E-state index contributed by atoms with van der Waals surface area (Å²) in [6, 6.07) is 11.9. The van der Waals surface area contributed by atoms with E-state index in [1.807, 2.05) is 43.5 Å². The van der Waals surface area contributed by atoms with Crippen LogP contribution in [-0.2, 0) is 25.8 Å². The molecule has 0 aliphatic rings. The van der Waals surface area contributed by atoms with E-state index in [9.17, 15) is 0 Å². The van der Waals surface area contributed by atoms with Gasteiger partial charge in [0.2, 0.25) is 0 Å². The third-order valence-electron chi connectivity index (χ3n) is 5.34. The molecule has 4 rings (SSSR count). The maximum atomic E-state index is 6.47. The Kier molecular flexibility index (Phi) is 7.17. The van der Waals surface area contributed by atoms with Crippen molar-refractivity contribution in [1.29, 1.82) is 0 Å². The number of aromatic nitrogens is 6. The minimum absolute atomic E-state index is 0.592. The van der Waals surface area contributed by atoms with Gasteiger partial charge in [-0.2, -0.15) is 0 Å². The van der Waals surface area contributed by atoms with Crippen LogP contribution >= 0.6 is 11.6 Å². The Morgan fingerprint density at radius 2 is 2.06 bits per heavy atom. The van der Waals surface area contributed by atoms with E-state index in [0.717, 1.165) is 58.5 Å². The fraction of sp³-hybridized carbons (Fsp3) is 0.333. The molecule has 0 atom stereocenters. The van der Waals surface area contributed by atoms with Crippen LogP contribution in [0.15, 0.2) is 52.6 Å². The van der Waals surface area contributed by atoms with E-state index < -0.39 is 0 Å². The zero-order valence-electron chi connectivity index (χ0n) is 18.4. The number of unbranched alkanes of at least 4 members (excludes halogenated alkanes) is 1. The van der Waals surface area contributed by atoms with Crippen LogP contribution < -0.4 is 0 Å². The third kappa shape index (κ3) is 5.53. The van der Waals surface area contributed by atoms with Gasteiger partial charge in [-0.15, -0.1) is 5.10 Å². The Labute approximate surface area is 192 Å². The summed E-state index contributed by atoms with van der Waals surface area (Å²) in [6.45, 7) is 4.81. The molecule has 8 heteroatoms.